The van der Waals surface area contributed by atoms with Crippen molar-refractivity contribution in [2.45, 2.75) is 31.8 Å². The number of halogens is 2. The van der Waals surface area contributed by atoms with Crippen molar-refractivity contribution < 1.29 is 28.6 Å². The van der Waals surface area contributed by atoms with Gasteiger partial charge in [-0.15, -0.1) is 0 Å². The van der Waals surface area contributed by atoms with Crippen LogP contribution in [0.15, 0.2) is 54.7 Å². The maximum atomic E-state index is 13.6. The molecule has 12 heteroatoms. The Morgan fingerprint density at radius 1 is 1.08 bits per heavy atom. The third-order valence-corrected chi connectivity index (χ3v) is 6.07. The number of nitrogens with one attached hydrogen (secondary N) is 4. The van der Waals surface area contributed by atoms with Gasteiger partial charge in [0.1, 0.15) is 18.2 Å². The fourth-order valence-electron chi connectivity index (χ4n) is 3.64. The lowest BCUT2D eigenvalue weighted by Crippen LogP contribution is -2.43. The van der Waals surface area contributed by atoms with E-state index in [4.69, 9.17) is 21.4 Å². The third-order valence-electron chi connectivity index (χ3n) is 5.65. The Labute approximate surface area is 230 Å². The number of fused-ring (bicyclic) bond motifs is 1. The lowest BCUT2D eigenvalue weighted by molar-refractivity contribution is -0.123. The van der Waals surface area contributed by atoms with E-state index < -0.39 is 23.9 Å². The van der Waals surface area contributed by atoms with Crippen LogP contribution in [-0.4, -0.2) is 60.3 Å². The second kappa shape index (κ2) is 15.6. The maximum absolute atomic E-state index is 13.6. The minimum atomic E-state index is -0.761. The maximum Gasteiger partial charge on any atom is 0.412 e. The van der Waals surface area contributed by atoms with E-state index in [0.717, 1.165) is 10.8 Å². The number of pyridine rings is 1. The summed E-state index contributed by atoms with van der Waals surface area (Å²) in [5.41, 5.74) is 0.503. The Morgan fingerprint density at radius 3 is 2.67 bits per heavy atom. The quantitative estimate of drug-likeness (QED) is 0.191. The first-order valence-electron chi connectivity index (χ1n) is 12.4. The van der Waals surface area contributed by atoms with Gasteiger partial charge in [0.15, 0.2) is 0 Å². The van der Waals surface area contributed by atoms with Crippen LogP contribution in [0.2, 0.25) is 5.02 Å². The number of carbonyl (C=O) groups is 3. The molecule has 3 aromatic rings. The first kappa shape index (κ1) is 29.8. The lowest BCUT2D eigenvalue weighted by atomic mass is 10.1. The van der Waals surface area contributed by atoms with E-state index in [-0.39, 0.29) is 50.1 Å². The fourth-order valence-corrected chi connectivity index (χ4v) is 3.83. The number of ether oxygens (including phenoxy) is 1. The highest BCUT2D eigenvalue weighted by Gasteiger charge is 2.17. The molecule has 0 aliphatic heterocycles. The van der Waals surface area contributed by atoms with Gasteiger partial charge in [-0.1, -0.05) is 48.0 Å². The topological polar surface area (TPSA) is 142 Å². The average Bonchev–Trinajstić information content (AvgIpc) is 2.92. The summed E-state index contributed by atoms with van der Waals surface area (Å²) in [6, 6.07) is 13.0. The van der Waals surface area contributed by atoms with E-state index in [2.05, 4.69) is 26.3 Å². The lowest BCUT2D eigenvalue weighted by Gasteiger charge is -2.19. The van der Waals surface area contributed by atoms with E-state index in [9.17, 15) is 18.8 Å². The van der Waals surface area contributed by atoms with Gasteiger partial charge in [-0.25, -0.2) is 14.2 Å². The highest BCUT2D eigenvalue weighted by molar-refractivity contribution is 6.31. The number of anilines is 1. The number of rotatable bonds is 14. The normalized spacial score (nSPS) is 11.6. The Bertz CT molecular complexity index is 1280. The molecule has 0 radical (unpaired) electrons. The van der Waals surface area contributed by atoms with Gasteiger partial charge in [0.05, 0.1) is 17.6 Å². The van der Waals surface area contributed by atoms with Gasteiger partial charge in [-0.2, -0.15) is 0 Å². The van der Waals surface area contributed by atoms with E-state index in [0.29, 0.717) is 24.3 Å². The van der Waals surface area contributed by atoms with Crippen LogP contribution in [0.4, 0.5) is 15.0 Å². The van der Waals surface area contributed by atoms with Crippen molar-refractivity contribution in [2.24, 2.45) is 0 Å². The van der Waals surface area contributed by atoms with Crippen molar-refractivity contribution in [3.05, 3.63) is 71.1 Å². The van der Waals surface area contributed by atoms with Gasteiger partial charge in [-0.05, 0) is 35.9 Å². The fraction of sp³-hybridized carbons (Fsp3) is 0.333. The molecule has 2 aromatic carbocycles. The van der Waals surface area contributed by atoms with Crippen molar-refractivity contribution in [3.63, 3.8) is 0 Å². The van der Waals surface area contributed by atoms with Crippen LogP contribution in [0.25, 0.3) is 10.8 Å². The molecule has 0 fully saturated rings. The van der Waals surface area contributed by atoms with Crippen LogP contribution in [-0.2, 0) is 20.9 Å². The number of hydrogen-bond acceptors (Lipinski definition) is 7. The Hall–Kier alpha value is -3.80. The number of hydrogen-bond donors (Lipinski definition) is 5. The Balaban J connectivity index is 1.52. The van der Waals surface area contributed by atoms with E-state index in [1.54, 1.807) is 18.3 Å². The second-order valence-electron chi connectivity index (χ2n) is 8.69. The summed E-state index contributed by atoms with van der Waals surface area (Å²) < 4.78 is 18.9. The molecule has 0 aliphatic rings. The van der Waals surface area contributed by atoms with Gasteiger partial charge in [0.2, 0.25) is 11.8 Å². The number of benzene rings is 2. The zero-order valence-corrected chi connectivity index (χ0v) is 22.0. The average molecular weight is 560 g/mol. The minimum absolute atomic E-state index is 0.0178. The molecule has 0 saturated carbocycles. The molecule has 5 N–H and O–H groups in total. The number of carbonyl (C=O) groups excluding carboxylic acids is 3. The van der Waals surface area contributed by atoms with E-state index in [1.165, 1.54) is 12.1 Å². The van der Waals surface area contributed by atoms with E-state index >= 15 is 0 Å². The summed E-state index contributed by atoms with van der Waals surface area (Å²) in [5.74, 6) is -0.908. The summed E-state index contributed by atoms with van der Waals surface area (Å²) in [6.45, 7) is 0.155. The number of amides is 3. The number of aromatic nitrogens is 1. The summed E-state index contributed by atoms with van der Waals surface area (Å²) in [7, 11) is 0. The van der Waals surface area contributed by atoms with Crippen molar-refractivity contribution >= 4 is 46.1 Å². The summed E-state index contributed by atoms with van der Waals surface area (Å²) in [5, 5.41) is 21.5. The highest BCUT2D eigenvalue weighted by Crippen LogP contribution is 2.19. The van der Waals surface area contributed by atoms with E-state index in [1.807, 2.05) is 24.3 Å². The SMILES string of the molecule is O=C(CC[C@@H](COC(=O)Nc1cc2ccccc2cn1)NC(=O)CNCc1cccc(F)c1Cl)NCCCO. The predicted molar refractivity (Wildman–Crippen MR) is 146 cm³/mol. The number of nitrogens with zero attached hydrogens (tertiary/aromatic N) is 1. The van der Waals surface area contributed by atoms with Crippen molar-refractivity contribution in [2.75, 3.05) is 31.6 Å². The molecule has 3 rings (SSSR count). The Morgan fingerprint density at radius 2 is 1.87 bits per heavy atom. The zero-order chi connectivity index (χ0) is 28.0. The predicted octanol–water partition coefficient (Wildman–Crippen LogP) is 3.13. The second-order valence-corrected chi connectivity index (χ2v) is 9.06. The van der Waals surface area contributed by atoms with Crippen molar-refractivity contribution in [3.8, 4) is 0 Å². The molecule has 39 heavy (non-hydrogen) atoms. The molecule has 1 heterocycles. The van der Waals surface area contributed by atoms with Crippen LogP contribution in [0.1, 0.15) is 24.8 Å². The zero-order valence-electron chi connectivity index (χ0n) is 21.2. The first-order valence-corrected chi connectivity index (χ1v) is 12.8. The van der Waals surface area contributed by atoms with Crippen LogP contribution < -0.4 is 21.3 Å². The molecule has 208 valence electrons. The first-order chi connectivity index (χ1) is 18.9. The molecule has 3 amide bonds. The molecule has 1 atom stereocenters. The summed E-state index contributed by atoms with van der Waals surface area (Å²) >= 11 is 5.94. The summed E-state index contributed by atoms with van der Waals surface area (Å²) in [4.78, 5) is 41.2. The molecule has 0 spiro atoms. The largest absolute Gasteiger partial charge is 0.447 e. The van der Waals surface area contributed by atoms with Crippen LogP contribution in [0.5, 0.6) is 0 Å². The Kier molecular flexibility index (Phi) is 11.9. The van der Waals surface area contributed by atoms with Crippen LogP contribution >= 0.6 is 11.6 Å². The number of aliphatic hydroxyl groups excluding tert-OH is 1. The van der Waals surface area contributed by atoms with Gasteiger partial charge < -0.3 is 25.8 Å². The van der Waals surface area contributed by atoms with Gasteiger partial charge in [-0.3, -0.25) is 14.9 Å². The molecule has 1 aromatic heterocycles. The third kappa shape index (κ3) is 10.1. The standard InChI is InChI=1S/C27H31ClFN5O5/c28-26-20(7-3-8-22(26)29)14-30-16-25(37)33-21(9-10-24(36)31-11-4-12-35)17-39-27(38)34-23-13-18-5-1-2-6-19(18)15-32-23/h1-3,5-8,13,15,21,30,35H,4,9-12,14,16-17H2,(H,31,36)(H,33,37)(H,32,34,38)/t21-/m0/s1. The molecular formula is C27H31ClFN5O5. The van der Waals surface area contributed by atoms with Gasteiger partial charge in [0.25, 0.3) is 0 Å². The smallest absolute Gasteiger partial charge is 0.412 e. The summed E-state index contributed by atoms with van der Waals surface area (Å²) in [6.07, 6.45) is 1.57. The molecule has 0 saturated heterocycles. The van der Waals surface area contributed by atoms with Gasteiger partial charge in [0, 0.05) is 37.7 Å². The van der Waals surface area contributed by atoms with Crippen LogP contribution in [0, 0.1) is 5.82 Å². The van der Waals surface area contributed by atoms with Crippen molar-refractivity contribution in [1.82, 2.24) is 20.9 Å². The molecule has 0 unspecified atom stereocenters. The highest BCUT2D eigenvalue weighted by atomic mass is 35.5. The molecule has 0 bridgehead atoms. The number of aliphatic hydroxyl groups is 1. The molecular weight excluding hydrogens is 529 g/mol. The van der Waals surface area contributed by atoms with Crippen LogP contribution in [0.3, 0.4) is 0 Å². The van der Waals surface area contributed by atoms with Crippen molar-refractivity contribution in [1.29, 1.82) is 0 Å². The monoisotopic (exact) mass is 559 g/mol. The molecule has 10 nitrogen and oxygen atoms in total. The minimum Gasteiger partial charge on any atom is -0.447 e. The molecule has 0 aliphatic carbocycles. The van der Waals surface area contributed by atoms with Gasteiger partial charge >= 0.3 is 6.09 Å².